The van der Waals surface area contributed by atoms with Crippen molar-refractivity contribution < 1.29 is 22.7 Å². The van der Waals surface area contributed by atoms with E-state index in [0.29, 0.717) is 5.69 Å². The summed E-state index contributed by atoms with van der Waals surface area (Å²) >= 11 is 5.85. The normalized spacial score (nSPS) is 11.6. The van der Waals surface area contributed by atoms with Crippen molar-refractivity contribution in [1.82, 2.24) is 9.97 Å². The van der Waals surface area contributed by atoms with Crippen molar-refractivity contribution >= 4 is 39.2 Å². The lowest BCUT2D eigenvalue weighted by Gasteiger charge is -2.25. The molecule has 0 fully saturated rings. The fourth-order valence-electron chi connectivity index (χ4n) is 2.09. The molecule has 0 spiro atoms. The molecule has 2 aromatic rings. The summed E-state index contributed by atoms with van der Waals surface area (Å²) in [5, 5.41) is -0.164. The molecule has 0 aliphatic carbocycles. The van der Waals surface area contributed by atoms with Gasteiger partial charge in [-0.3, -0.25) is 9.62 Å². The van der Waals surface area contributed by atoms with Crippen LogP contribution in [0.1, 0.15) is 20.8 Å². The van der Waals surface area contributed by atoms with Crippen LogP contribution in [0.25, 0.3) is 0 Å². The second-order valence-electron chi connectivity index (χ2n) is 6.66. The van der Waals surface area contributed by atoms with Crippen LogP contribution in [0.4, 0.5) is 16.3 Å². The molecule has 0 unspecified atom stereocenters. The predicted octanol–water partition coefficient (Wildman–Crippen LogP) is 3.31. The molecule has 2 aromatic heterocycles. The number of ether oxygens (including phenoxy) is 2. The van der Waals surface area contributed by atoms with Crippen LogP contribution >= 0.6 is 11.6 Å². The van der Waals surface area contributed by atoms with E-state index in [2.05, 4.69) is 14.7 Å². The van der Waals surface area contributed by atoms with Gasteiger partial charge in [0.15, 0.2) is 0 Å². The van der Waals surface area contributed by atoms with E-state index in [9.17, 15) is 13.2 Å². The van der Waals surface area contributed by atoms with Gasteiger partial charge in [0.1, 0.15) is 27.2 Å². The number of halogens is 1. The topological polar surface area (TPSA) is 111 Å². The Labute approximate surface area is 168 Å². The first-order valence-corrected chi connectivity index (χ1v) is 9.96. The predicted molar refractivity (Wildman–Crippen MR) is 105 cm³/mol. The second kappa shape index (κ2) is 8.19. The summed E-state index contributed by atoms with van der Waals surface area (Å²) in [5.41, 5.74) is -0.371. The first kappa shape index (κ1) is 21.7. The van der Waals surface area contributed by atoms with Crippen LogP contribution in [0, 0.1) is 0 Å². The van der Waals surface area contributed by atoms with E-state index in [1.165, 1.54) is 49.5 Å². The van der Waals surface area contributed by atoms with E-state index in [4.69, 9.17) is 21.1 Å². The molecule has 1 N–H and O–H groups in total. The Hall–Kier alpha value is -2.59. The summed E-state index contributed by atoms with van der Waals surface area (Å²) in [6, 6.07) is 5.64. The van der Waals surface area contributed by atoms with E-state index >= 15 is 0 Å². The Kier molecular flexibility index (Phi) is 6.35. The van der Waals surface area contributed by atoms with Crippen LogP contribution in [0.2, 0.25) is 5.15 Å². The van der Waals surface area contributed by atoms with Gasteiger partial charge >= 0.3 is 6.09 Å². The average molecular weight is 429 g/mol. The molecule has 0 aromatic carbocycles. The highest BCUT2D eigenvalue weighted by Gasteiger charge is 2.24. The number of nitrogens with zero attached hydrogens (tertiary/aromatic N) is 3. The maximum Gasteiger partial charge on any atom is 0.414 e. The minimum absolute atomic E-state index is 0.0156. The molecule has 152 valence electrons. The van der Waals surface area contributed by atoms with E-state index in [-0.39, 0.29) is 21.7 Å². The number of carbonyl (C=O) groups is 1. The Morgan fingerprint density at radius 1 is 1.25 bits per heavy atom. The number of carbonyl (C=O) groups excluding carboxylic acids is 1. The summed E-state index contributed by atoms with van der Waals surface area (Å²) < 4.78 is 37.8. The van der Waals surface area contributed by atoms with Crippen LogP contribution in [0.15, 0.2) is 35.4 Å². The highest BCUT2D eigenvalue weighted by atomic mass is 35.5. The zero-order valence-corrected chi connectivity index (χ0v) is 17.6. The standard InChI is InChI=1S/C17H21ClN4O5S/c1-17(2,3)27-16(23)22(4)11-8-9-13(20-15(11)26-5)21-28(24,25)12-7-6-10-19-14(12)18/h6-10H,1-5H3,(H,20,21). The van der Waals surface area contributed by atoms with Gasteiger partial charge < -0.3 is 9.47 Å². The van der Waals surface area contributed by atoms with Crippen LogP contribution in [-0.4, -0.2) is 44.2 Å². The summed E-state index contributed by atoms with van der Waals surface area (Å²) in [5.74, 6) is 0.0175. The number of nitrogens with one attached hydrogen (secondary N) is 1. The maximum absolute atomic E-state index is 12.5. The smallest absolute Gasteiger partial charge is 0.414 e. The number of methoxy groups -OCH3 is 1. The first-order valence-electron chi connectivity index (χ1n) is 8.09. The molecule has 0 saturated heterocycles. The summed E-state index contributed by atoms with van der Waals surface area (Å²) in [6.07, 6.45) is 0.771. The second-order valence-corrected chi connectivity index (χ2v) is 8.67. The molecule has 2 heterocycles. The summed E-state index contributed by atoms with van der Waals surface area (Å²) in [4.78, 5) is 21.1. The van der Waals surface area contributed by atoms with Gasteiger partial charge in [-0.15, -0.1) is 0 Å². The fourth-order valence-corrected chi connectivity index (χ4v) is 3.54. The fraction of sp³-hybridized carbons (Fsp3) is 0.353. The van der Waals surface area contributed by atoms with Crippen molar-refractivity contribution in [3.8, 4) is 5.88 Å². The lowest BCUT2D eigenvalue weighted by atomic mass is 10.2. The van der Waals surface area contributed by atoms with E-state index in [1.54, 1.807) is 20.8 Å². The summed E-state index contributed by atoms with van der Waals surface area (Å²) in [6.45, 7) is 5.24. The van der Waals surface area contributed by atoms with Gasteiger partial charge in [0.05, 0.1) is 7.11 Å². The van der Waals surface area contributed by atoms with Crippen LogP contribution < -0.4 is 14.4 Å². The third kappa shape index (κ3) is 5.23. The molecule has 0 bridgehead atoms. The van der Waals surface area contributed by atoms with E-state index in [1.807, 2.05) is 0 Å². The lowest BCUT2D eigenvalue weighted by molar-refractivity contribution is 0.0588. The minimum atomic E-state index is -4.01. The van der Waals surface area contributed by atoms with Gasteiger partial charge in [-0.1, -0.05) is 11.6 Å². The van der Waals surface area contributed by atoms with Crippen molar-refractivity contribution in [2.75, 3.05) is 23.8 Å². The maximum atomic E-state index is 12.5. The molecule has 2 rings (SSSR count). The van der Waals surface area contributed by atoms with Crippen molar-refractivity contribution in [3.63, 3.8) is 0 Å². The lowest BCUT2D eigenvalue weighted by Crippen LogP contribution is -2.34. The molecule has 0 radical (unpaired) electrons. The number of hydrogen-bond acceptors (Lipinski definition) is 7. The molecule has 0 atom stereocenters. The SMILES string of the molecule is COc1nc(NS(=O)(=O)c2cccnc2Cl)ccc1N(C)C(=O)OC(C)(C)C. The van der Waals surface area contributed by atoms with Crippen LogP contribution in [0.3, 0.4) is 0 Å². The third-order valence-corrected chi connectivity index (χ3v) is 5.12. The van der Waals surface area contributed by atoms with Gasteiger partial charge in [-0.25, -0.2) is 18.2 Å². The quantitative estimate of drug-likeness (QED) is 0.727. The molecule has 0 saturated carbocycles. The van der Waals surface area contributed by atoms with Gasteiger partial charge in [0.2, 0.25) is 5.88 Å². The molecule has 0 aliphatic heterocycles. The van der Waals surface area contributed by atoms with Crippen LogP contribution in [0.5, 0.6) is 5.88 Å². The largest absolute Gasteiger partial charge is 0.479 e. The number of anilines is 2. The van der Waals surface area contributed by atoms with E-state index < -0.39 is 21.7 Å². The highest BCUT2D eigenvalue weighted by molar-refractivity contribution is 7.92. The number of pyridine rings is 2. The molecule has 0 aliphatic rings. The molecule has 1 amide bonds. The zero-order valence-electron chi connectivity index (χ0n) is 16.1. The van der Waals surface area contributed by atoms with Crippen molar-refractivity contribution in [1.29, 1.82) is 0 Å². The Bertz CT molecular complexity index is 976. The monoisotopic (exact) mass is 428 g/mol. The summed E-state index contributed by atoms with van der Waals surface area (Å²) in [7, 11) is -1.17. The highest BCUT2D eigenvalue weighted by Crippen LogP contribution is 2.29. The Morgan fingerprint density at radius 3 is 2.50 bits per heavy atom. The number of rotatable bonds is 5. The molecule has 9 nitrogen and oxygen atoms in total. The zero-order chi connectivity index (χ0) is 21.1. The van der Waals surface area contributed by atoms with Crippen molar-refractivity contribution in [2.45, 2.75) is 31.3 Å². The number of hydrogen-bond donors (Lipinski definition) is 1. The van der Waals surface area contributed by atoms with Crippen LogP contribution in [-0.2, 0) is 14.8 Å². The Morgan fingerprint density at radius 2 is 1.93 bits per heavy atom. The van der Waals surface area contributed by atoms with Crippen molar-refractivity contribution in [2.24, 2.45) is 0 Å². The number of amides is 1. The number of aromatic nitrogens is 2. The van der Waals surface area contributed by atoms with Gasteiger partial charge in [0, 0.05) is 13.2 Å². The molecule has 28 heavy (non-hydrogen) atoms. The number of sulfonamides is 1. The van der Waals surface area contributed by atoms with Gasteiger partial charge in [-0.2, -0.15) is 4.98 Å². The molecular weight excluding hydrogens is 408 g/mol. The van der Waals surface area contributed by atoms with Crippen molar-refractivity contribution in [3.05, 3.63) is 35.6 Å². The third-order valence-electron chi connectivity index (χ3n) is 3.32. The average Bonchev–Trinajstić information content (AvgIpc) is 2.59. The minimum Gasteiger partial charge on any atom is -0.479 e. The molecular formula is C17H21ClN4O5S. The van der Waals surface area contributed by atoms with E-state index in [0.717, 1.165) is 0 Å². The van der Waals surface area contributed by atoms with Gasteiger partial charge in [0.25, 0.3) is 10.0 Å². The molecule has 11 heteroatoms. The first-order chi connectivity index (χ1) is 12.9. The Balaban J connectivity index is 2.30. The van der Waals surface area contributed by atoms with Gasteiger partial charge in [-0.05, 0) is 45.0 Å².